The first-order valence-electron chi connectivity index (χ1n) is 6.56. The van der Waals surface area contributed by atoms with Gasteiger partial charge in [-0.05, 0) is 41.8 Å². The van der Waals surface area contributed by atoms with Crippen molar-refractivity contribution < 1.29 is 13.9 Å². The number of rotatable bonds is 2. The number of benzene rings is 2. The summed E-state index contributed by atoms with van der Waals surface area (Å²) in [5.41, 5.74) is 8.64. The van der Waals surface area contributed by atoms with Crippen LogP contribution in [0.25, 0.3) is 0 Å². The van der Waals surface area contributed by atoms with E-state index in [2.05, 4.69) is 0 Å². The van der Waals surface area contributed by atoms with Crippen LogP contribution in [0.3, 0.4) is 0 Å². The van der Waals surface area contributed by atoms with E-state index in [1.54, 1.807) is 19.1 Å². The molecule has 1 aliphatic rings. The lowest BCUT2D eigenvalue weighted by atomic mass is 9.97. The molecule has 1 unspecified atom stereocenters. The Bertz CT molecular complexity index is 642. The molecule has 1 heterocycles. The number of aryl methyl sites for hydroxylation is 1. The van der Waals surface area contributed by atoms with E-state index < -0.39 is 0 Å². The van der Waals surface area contributed by atoms with Crippen molar-refractivity contribution in [3.05, 3.63) is 58.9 Å². The van der Waals surface area contributed by atoms with Crippen LogP contribution in [0.4, 0.5) is 4.39 Å². The van der Waals surface area contributed by atoms with Gasteiger partial charge in [-0.1, -0.05) is 18.2 Å². The summed E-state index contributed by atoms with van der Waals surface area (Å²) in [6.07, 6.45) is 0. The van der Waals surface area contributed by atoms with Crippen molar-refractivity contribution in [1.29, 1.82) is 0 Å². The molecule has 0 fully saturated rings. The van der Waals surface area contributed by atoms with Gasteiger partial charge in [-0.15, -0.1) is 0 Å². The zero-order valence-electron chi connectivity index (χ0n) is 11.2. The third kappa shape index (κ3) is 2.34. The number of halogens is 1. The molecule has 0 saturated carbocycles. The number of fused-ring (bicyclic) bond motifs is 1. The Morgan fingerprint density at radius 3 is 2.40 bits per heavy atom. The predicted molar refractivity (Wildman–Crippen MR) is 74.6 cm³/mol. The van der Waals surface area contributed by atoms with E-state index >= 15 is 0 Å². The zero-order valence-corrected chi connectivity index (χ0v) is 11.2. The molecule has 4 heteroatoms. The van der Waals surface area contributed by atoms with Crippen LogP contribution in [0, 0.1) is 12.7 Å². The Morgan fingerprint density at radius 1 is 1.00 bits per heavy atom. The molecule has 0 spiro atoms. The van der Waals surface area contributed by atoms with Gasteiger partial charge in [0.2, 0.25) is 0 Å². The highest BCUT2D eigenvalue weighted by Gasteiger charge is 2.16. The van der Waals surface area contributed by atoms with Gasteiger partial charge in [0.1, 0.15) is 19.0 Å². The average Bonchev–Trinajstić information content (AvgIpc) is 2.49. The number of hydrogen-bond acceptors (Lipinski definition) is 3. The van der Waals surface area contributed by atoms with Crippen LogP contribution < -0.4 is 15.2 Å². The van der Waals surface area contributed by atoms with Gasteiger partial charge in [-0.3, -0.25) is 0 Å². The third-order valence-corrected chi connectivity index (χ3v) is 3.47. The third-order valence-electron chi connectivity index (χ3n) is 3.47. The smallest absolute Gasteiger partial charge is 0.161 e. The van der Waals surface area contributed by atoms with E-state index in [-0.39, 0.29) is 11.9 Å². The minimum atomic E-state index is -0.315. The quantitative estimate of drug-likeness (QED) is 0.915. The first kappa shape index (κ1) is 12.9. The predicted octanol–water partition coefficient (Wildman–Crippen LogP) is 2.95. The molecular weight excluding hydrogens is 257 g/mol. The molecule has 1 aliphatic heterocycles. The van der Waals surface area contributed by atoms with E-state index in [0.29, 0.717) is 24.5 Å². The lowest BCUT2D eigenvalue weighted by molar-refractivity contribution is 0.171. The van der Waals surface area contributed by atoms with Crippen LogP contribution in [0.5, 0.6) is 11.5 Å². The van der Waals surface area contributed by atoms with Crippen molar-refractivity contribution in [2.75, 3.05) is 13.2 Å². The summed E-state index contributed by atoms with van der Waals surface area (Å²) in [6.45, 7) is 2.84. The highest BCUT2D eigenvalue weighted by atomic mass is 19.1. The van der Waals surface area contributed by atoms with Crippen LogP contribution in [-0.2, 0) is 0 Å². The maximum absolute atomic E-state index is 13.3. The molecule has 2 aromatic rings. The summed E-state index contributed by atoms with van der Waals surface area (Å²) in [5.74, 6) is 1.23. The Morgan fingerprint density at radius 2 is 1.65 bits per heavy atom. The van der Waals surface area contributed by atoms with E-state index in [0.717, 1.165) is 16.9 Å². The summed E-state index contributed by atoms with van der Waals surface area (Å²) < 4.78 is 24.3. The maximum atomic E-state index is 13.3. The molecule has 0 radical (unpaired) electrons. The van der Waals surface area contributed by atoms with Crippen LogP contribution in [0.15, 0.2) is 36.4 Å². The van der Waals surface area contributed by atoms with Crippen LogP contribution in [0.2, 0.25) is 0 Å². The van der Waals surface area contributed by atoms with E-state index in [4.69, 9.17) is 15.2 Å². The average molecular weight is 273 g/mol. The second-order valence-corrected chi connectivity index (χ2v) is 4.89. The standard InChI is InChI=1S/C16H16FNO2/c1-10-8-11(2-4-13(10)17)16(18)12-3-5-14-15(9-12)20-7-6-19-14/h2-5,8-9,16H,6-7,18H2,1H3. The molecule has 104 valence electrons. The topological polar surface area (TPSA) is 44.5 Å². The molecule has 0 aliphatic carbocycles. The molecule has 1 atom stereocenters. The van der Waals surface area contributed by atoms with E-state index in [9.17, 15) is 4.39 Å². The monoisotopic (exact) mass is 273 g/mol. The summed E-state index contributed by atoms with van der Waals surface area (Å²) in [7, 11) is 0. The first-order valence-corrected chi connectivity index (χ1v) is 6.56. The van der Waals surface area contributed by atoms with Crippen molar-refractivity contribution in [1.82, 2.24) is 0 Å². The van der Waals surface area contributed by atoms with Gasteiger partial charge in [0.05, 0.1) is 6.04 Å². The largest absolute Gasteiger partial charge is 0.486 e. The molecule has 3 nitrogen and oxygen atoms in total. The molecule has 0 saturated heterocycles. The minimum Gasteiger partial charge on any atom is -0.486 e. The zero-order chi connectivity index (χ0) is 14.1. The second-order valence-electron chi connectivity index (χ2n) is 4.89. The number of ether oxygens (including phenoxy) is 2. The van der Waals surface area contributed by atoms with Gasteiger partial charge in [0.15, 0.2) is 11.5 Å². The highest BCUT2D eigenvalue weighted by molar-refractivity contribution is 5.46. The van der Waals surface area contributed by atoms with Gasteiger partial charge in [0.25, 0.3) is 0 Å². The SMILES string of the molecule is Cc1cc(C(N)c2ccc3c(c2)OCCO3)ccc1F. The normalized spacial score (nSPS) is 14.9. The van der Waals surface area contributed by atoms with Gasteiger partial charge in [0, 0.05) is 0 Å². The molecular formula is C16H16FNO2. The molecule has 0 aromatic heterocycles. The van der Waals surface area contributed by atoms with Crippen molar-refractivity contribution in [2.45, 2.75) is 13.0 Å². The van der Waals surface area contributed by atoms with E-state index in [1.165, 1.54) is 6.07 Å². The summed E-state index contributed by atoms with van der Waals surface area (Å²) in [4.78, 5) is 0. The molecule has 0 bridgehead atoms. The molecule has 0 amide bonds. The molecule has 2 aromatic carbocycles. The fraction of sp³-hybridized carbons (Fsp3) is 0.250. The number of nitrogens with two attached hydrogens (primary N) is 1. The Labute approximate surface area is 117 Å². The summed E-state index contributed by atoms with van der Waals surface area (Å²) in [6, 6.07) is 10.3. The lowest BCUT2D eigenvalue weighted by Crippen LogP contribution is -2.17. The van der Waals surface area contributed by atoms with Gasteiger partial charge in [-0.2, -0.15) is 0 Å². The molecule has 2 N–H and O–H groups in total. The Balaban J connectivity index is 1.93. The Kier molecular flexibility index (Phi) is 3.32. The number of hydrogen-bond donors (Lipinski definition) is 1. The lowest BCUT2D eigenvalue weighted by Gasteiger charge is -2.21. The van der Waals surface area contributed by atoms with E-state index in [1.807, 2.05) is 18.2 Å². The second kappa shape index (κ2) is 5.13. The van der Waals surface area contributed by atoms with Crippen molar-refractivity contribution in [2.24, 2.45) is 5.73 Å². The summed E-state index contributed by atoms with van der Waals surface area (Å²) in [5, 5.41) is 0. The fourth-order valence-electron chi connectivity index (χ4n) is 2.31. The Hall–Kier alpha value is -2.07. The fourth-order valence-corrected chi connectivity index (χ4v) is 2.31. The van der Waals surface area contributed by atoms with Crippen LogP contribution >= 0.6 is 0 Å². The van der Waals surface area contributed by atoms with Crippen LogP contribution in [0.1, 0.15) is 22.7 Å². The van der Waals surface area contributed by atoms with Gasteiger partial charge < -0.3 is 15.2 Å². The maximum Gasteiger partial charge on any atom is 0.161 e. The van der Waals surface area contributed by atoms with Crippen molar-refractivity contribution in [3.8, 4) is 11.5 Å². The first-order chi connectivity index (χ1) is 9.65. The van der Waals surface area contributed by atoms with Crippen LogP contribution in [-0.4, -0.2) is 13.2 Å². The van der Waals surface area contributed by atoms with Crippen molar-refractivity contribution in [3.63, 3.8) is 0 Å². The van der Waals surface area contributed by atoms with Crippen molar-refractivity contribution >= 4 is 0 Å². The van der Waals surface area contributed by atoms with Gasteiger partial charge >= 0.3 is 0 Å². The minimum absolute atomic E-state index is 0.219. The molecule has 3 rings (SSSR count). The summed E-state index contributed by atoms with van der Waals surface area (Å²) >= 11 is 0. The highest BCUT2D eigenvalue weighted by Crippen LogP contribution is 2.33. The van der Waals surface area contributed by atoms with Gasteiger partial charge in [-0.25, -0.2) is 4.39 Å². The molecule has 20 heavy (non-hydrogen) atoms.